The molecule has 0 aromatic carbocycles. The van der Waals surface area contributed by atoms with Crippen molar-refractivity contribution < 1.29 is 14.3 Å². The average Bonchev–Trinajstić information content (AvgIpc) is 2.89. The standard InChI is InChI=1S/C20H33NO3/c1-6-8-10-12-17(22)18-16(13-14(3)4)21-15(11-9-7-2)19(18)20(23)24-5/h14,21H,6-13H2,1-5H3. The predicted octanol–water partition coefficient (Wildman–Crippen LogP) is 5.11. The van der Waals surface area contributed by atoms with Crippen LogP contribution in [0.3, 0.4) is 0 Å². The Bertz CT molecular complexity index is 543. The minimum absolute atomic E-state index is 0.0681. The summed E-state index contributed by atoms with van der Waals surface area (Å²) in [6.45, 7) is 8.48. The van der Waals surface area contributed by atoms with E-state index in [2.05, 4.69) is 32.7 Å². The lowest BCUT2D eigenvalue weighted by Crippen LogP contribution is -2.12. The monoisotopic (exact) mass is 335 g/mol. The number of Topliss-reactive ketones (excluding diaryl/α,β-unsaturated/α-hetero) is 1. The minimum Gasteiger partial charge on any atom is -0.465 e. The normalized spacial score (nSPS) is 11.1. The van der Waals surface area contributed by atoms with Gasteiger partial charge in [0.1, 0.15) is 0 Å². The molecular formula is C20H33NO3. The first-order chi connectivity index (χ1) is 11.5. The Morgan fingerprint density at radius 2 is 1.67 bits per heavy atom. The van der Waals surface area contributed by atoms with Crippen LogP contribution in [0.5, 0.6) is 0 Å². The highest BCUT2D eigenvalue weighted by atomic mass is 16.5. The number of aromatic amines is 1. The first-order valence-corrected chi connectivity index (χ1v) is 9.31. The number of aromatic nitrogens is 1. The third-order valence-corrected chi connectivity index (χ3v) is 4.22. The molecule has 1 N–H and O–H groups in total. The molecule has 1 aromatic rings. The Balaban J connectivity index is 3.28. The van der Waals surface area contributed by atoms with E-state index in [1.165, 1.54) is 7.11 Å². The van der Waals surface area contributed by atoms with Gasteiger partial charge in [0.2, 0.25) is 0 Å². The second kappa shape index (κ2) is 10.3. The molecule has 0 aliphatic heterocycles. The Hall–Kier alpha value is -1.58. The minimum atomic E-state index is -0.397. The van der Waals surface area contributed by atoms with Gasteiger partial charge in [-0.15, -0.1) is 0 Å². The Labute approximate surface area is 146 Å². The Kier molecular flexibility index (Phi) is 8.80. The molecular weight excluding hydrogens is 302 g/mol. The lowest BCUT2D eigenvalue weighted by Gasteiger charge is -2.08. The van der Waals surface area contributed by atoms with Crippen molar-refractivity contribution in [1.82, 2.24) is 4.98 Å². The molecule has 0 spiro atoms. The topological polar surface area (TPSA) is 59.2 Å². The third-order valence-electron chi connectivity index (χ3n) is 4.22. The van der Waals surface area contributed by atoms with Crippen molar-refractivity contribution in [2.24, 2.45) is 5.92 Å². The summed E-state index contributed by atoms with van der Waals surface area (Å²) < 4.78 is 4.98. The SMILES string of the molecule is CCCCCC(=O)c1c(CC(C)C)[nH]c(CCCC)c1C(=O)OC. The summed E-state index contributed by atoms with van der Waals surface area (Å²) in [4.78, 5) is 28.6. The van der Waals surface area contributed by atoms with E-state index in [0.717, 1.165) is 56.3 Å². The molecule has 0 saturated heterocycles. The lowest BCUT2D eigenvalue weighted by atomic mass is 9.95. The van der Waals surface area contributed by atoms with Gasteiger partial charge < -0.3 is 9.72 Å². The summed E-state index contributed by atoms with van der Waals surface area (Å²) in [5.41, 5.74) is 2.82. The van der Waals surface area contributed by atoms with Crippen LogP contribution in [-0.4, -0.2) is 23.8 Å². The highest BCUT2D eigenvalue weighted by Gasteiger charge is 2.27. The van der Waals surface area contributed by atoms with Crippen molar-refractivity contribution in [3.05, 3.63) is 22.5 Å². The number of hydrogen-bond acceptors (Lipinski definition) is 3. The summed E-state index contributed by atoms with van der Waals surface area (Å²) in [5, 5.41) is 0. The number of aryl methyl sites for hydroxylation is 1. The molecule has 136 valence electrons. The average molecular weight is 335 g/mol. The molecule has 4 nitrogen and oxygen atoms in total. The highest BCUT2D eigenvalue weighted by Crippen LogP contribution is 2.26. The molecule has 0 atom stereocenters. The number of rotatable bonds is 11. The van der Waals surface area contributed by atoms with Crippen molar-refractivity contribution in [3.8, 4) is 0 Å². The number of ether oxygens (including phenoxy) is 1. The zero-order valence-electron chi connectivity index (χ0n) is 16.0. The number of ketones is 1. The van der Waals surface area contributed by atoms with E-state index in [1.807, 2.05) is 0 Å². The van der Waals surface area contributed by atoms with Crippen molar-refractivity contribution in [2.75, 3.05) is 7.11 Å². The summed E-state index contributed by atoms with van der Waals surface area (Å²) in [6.07, 6.45) is 7.03. The molecule has 0 aliphatic carbocycles. The van der Waals surface area contributed by atoms with Gasteiger partial charge in [0.15, 0.2) is 5.78 Å². The summed E-state index contributed by atoms with van der Waals surface area (Å²) in [7, 11) is 1.38. The van der Waals surface area contributed by atoms with Crippen molar-refractivity contribution in [2.45, 2.75) is 79.1 Å². The molecule has 0 radical (unpaired) electrons. The third kappa shape index (κ3) is 5.50. The maximum Gasteiger partial charge on any atom is 0.340 e. The second-order valence-corrected chi connectivity index (χ2v) is 6.91. The highest BCUT2D eigenvalue weighted by molar-refractivity contribution is 6.08. The summed E-state index contributed by atoms with van der Waals surface area (Å²) >= 11 is 0. The van der Waals surface area contributed by atoms with Crippen LogP contribution in [0.25, 0.3) is 0 Å². The molecule has 1 heterocycles. The van der Waals surface area contributed by atoms with Gasteiger partial charge in [-0.2, -0.15) is 0 Å². The second-order valence-electron chi connectivity index (χ2n) is 6.91. The first-order valence-electron chi connectivity index (χ1n) is 9.31. The molecule has 1 aromatic heterocycles. The number of esters is 1. The molecule has 0 amide bonds. The van der Waals surface area contributed by atoms with E-state index in [9.17, 15) is 9.59 Å². The van der Waals surface area contributed by atoms with Crippen molar-refractivity contribution in [1.29, 1.82) is 0 Å². The first kappa shape index (κ1) is 20.5. The van der Waals surface area contributed by atoms with Crippen LogP contribution in [0.2, 0.25) is 0 Å². The number of carbonyl (C=O) groups excluding carboxylic acids is 2. The van der Waals surface area contributed by atoms with Crippen LogP contribution >= 0.6 is 0 Å². The smallest absolute Gasteiger partial charge is 0.340 e. The number of nitrogens with one attached hydrogen (secondary N) is 1. The van der Waals surface area contributed by atoms with E-state index in [4.69, 9.17) is 4.74 Å². The van der Waals surface area contributed by atoms with E-state index < -0.39 is 5.97 Å². The zero-order valence-corrected chi connectivity index (χ0v) is 16.0. The van der Waals surface area contributed by atoms with Crippen LogP contribution < -0.4 is 0 Å². The molecule has 1 rings (SSSR count). The van der Waals surface area contributed by atoms with Crippen molar-refractivity contribution in [3.63, 3.8) is 0 Å². The molecule has 24 heavy (non-hydrogen) atoms. The quantitative estimate of drug-likeness (QED) is 0.347. The van der Waals surface area contributed by atoms with Crippen LogP contribution in [-0.2, 0) is 17.6 Å². The summed E-state index contributed by atoms with van der Waals surface area (Å²) in [5.74, 6) is 0.0834. The van der Waals surface area contributed by atoms with Crippen LogP contribution in [0.1, 0.15) is 98.3 Å². The number of H-pyrrole nitrogens is 1. The molecule has 0 unspecified atom stereocenters. The number of unbranched alkanes of at least 4 members (excludes halogenated alkanes) is 3. The summed E-state index contributed by atoms with van der Waals surface area (Å²) in [6, 6.07) is 0. The van der Waals surface area contributed by atoms with Gasteiger partial charge in [-0.05, 0) is 31.6 Å². The predicted molar refractivity (Wildman–Crippen MR) is 97.8 cm³/mol. The maximum absolute atomic E-state index is 12.8. The number of methoxy groups -OCH3 is 1. The lowest BCUT2D eigenvalue weighted by molar-refractivity contribution is 0.0595. The molecule has 0 saturated carbocycles. The molecule has 4 heteroatoms. The van der Waals surface area contributed by atoms with Gasteiger partial charge in [0.05, 0.1) is 18.2 Å². The largest absolute Gasteiger partial charge is 0.465 e. The van der Waals surface area contributed by atoms with E-state index >= 15 is 0 Å². The van der Waals surface area contributed by atoms with Gasteiger partial charge in [-0.3, -0.25) is 4.79 Å². The van der Waals surface area contributed by atoms with E-state index in [-0.39, 0.29) is 5.78 Å². The Morgan fingerprint density at radius 3 is 2.21 bits per heavy atom. The van der Waals surface area contributed by atoms with E-state index in [1.54, 1.807) is 0 Å². The fourth-order valence-corrected chi connectivity index (χ4v) is 3.01. The fraction of sp³-hybridized carbons (Fsp3) is 0.700. The molecule has 0 fully saturated rings. The van der Waals surface area contributed by atoms with Gasteiger partial charge >= 0.3 is 5.97 Å². The maximum atomic E-state index is 12.8. The van der Waals surface area contributed by atoms with Crippen LogP contribution in [0.4, 0.5) is 0 Å². The van der Waals surface area contributed by atoms with Gasteiger partial charge in [-0.1, -0.05) is 47.0 Å². The fourth-order valence-electron chi connectivity index (χ4n) is 3.01. The zero-order chi connectivity index (χ0) is 18.1. The van der Waals surface area contributed by atoms with E-state index in [0.29, 0.717) is 23.5 Å². The van der Waals surface area contributed by atoms with Crippen molar-refractivity contribution >= 4 is 11.8 Å². The molecule has 0 aliphatic rings. The van der Waals surface area contributed by atoms with Crippen LogP contribution in [0.15, 0.2) is 0 Å². The molecule has 0 bridgehead atoms. The number of hydrogen-bond donors (Lipinski definition) is 1. The van der Waals surface area contributed by atoms with Gasteiger partial charge in [0, 0.05) is 17.8 Å². The number of carbonyl (C=O) groups is 2. The van der Waals surface area contributed by atoms with Gasteiger partial charge in [0.25, 0.3) is 0 Å². The van der Waals surface area contributed by atoms with Gasteiger partial charge in [-0.25, -0.2) is 4.79 Å². The Morgan fingerprint density at radius 1 is 1.00 bits per heavy atom. The van der Waals surface area contributed by atoms with Crippen LogP contribution in [0, 0.1) is 5.92 Å².